The molecule has 7 nitrogen and oxygen atoms in total. The van der Waals surface area contributed by atoms with Gasteiger partial charge in [-0.2, -0.15) is 0 Å². The van der Waals surface area contributed by atoms with Gasteiger partial charge in [0.1, 0.15) is 17.8 Å². The minimum Gasteiger partial charge on any atom is -0.508 e. The molecule has 3 aromatic heterocycles. The van der Waals surface area contributed by atoms with E-state index in [-0.39, 0.29) is 11.7 Å². The van der Waals surface area contributed by atoms with Crippen LogP contribution in [0.15, 0.2) is 73.3 Å². The van der Waals surface area contributed by atoms with Gasteiger partial charge in [-0.05, 0) is 29.8 Å². The fourth-order valence-electron chi connectivity index (χ4n) is 3.95. The van der Waals surface area contributed by atoms with Crippen LogP contribution in [0.5, 0.6) is 17.4 Å². The summed E-state index contributed by atoms with van der Waals surface area (Å²) in [6, 6.07) is 16.4. The van der Waals surface area contributed by atoms with Gasteiger partial charge in [0.15, 0.2) is 11.5 Å². The third kappa shape index (κ3) is 2.82. The molecule has 0 saturated heterocycles. The summed E-state index contributed by atoms with van der Waals surface area (Å²) >= 11 is 6.37. The zero-order valence-corrected chi connectivity index (χ0v) is 16.7. The number of aromatic nitrogens is 5. The molecule has 1 aliphatic rings. The number of phenolic OH excluding ortho intramolecular Hbond substituents is 1. The van der Waals surface area contributed by atoms with E-state index in [0.717, 1.165) is 22.3 Å². The molecule has 5 aromatic rings. The van der Waals surface area contributed by atoms with Crippen LogP contribution in [0.4, 0.5) is 0 Å². The summed E-state index contributed by atoms with van der Waals surface area (Å²) in [5.74, 6) is 1.34. The average molecular weight is 428 g/mol. The molecular formula is C23H14ClN5O2. The molecule has 0 radical (unpaired) electrons. The largest absolute Gasteiger partial charge is 0.508 e. The molecule has 1 aliphatic heterocycles. The second-order valence-electron chi connectivity index (χ2n) is 7.19. The molecule has 6 rings (SSSR count). The molecule has 4 heterocycles. The Balaban J connectivity index is 1.63. The van der Waals surface area contributed by atoms with Crippen LogP contribution >= 0.6 is 11.6 Å². The van der Waals surface area contributed by atoms with Crippen LogP contribution in [0.1, 0.15) is 22.6 Å². The molecule has 8 heteroatoms. The van der Waals surface area contributed by atoms with Crippen molar-refractivity contribution in [2.24, 2.45) is 0 Å². The van der Waals surface area contributed by atoms with Crippen molar-refractivity contribution in [1.82, 2.24) is 24.6 Å². The molecule has 0 amide bonds. The van der Waals surface area contributed by atoms with Gasteiger partial charge in [-0.15, -0.1) is 5.10 Å². The highest BCUT2D eigenvalue weighted by Gasteiger charge is 2.33. The minimum atomic E-state index is -0.243. The van der Waals surface area contributed by atoms with Gasteiger partial charge < -0.3 is 9.84 Å². The van der Waals surface area contributed by atoms with E-state index in [1.807, 2.05) is 42.6 Å². The standard InChI is InChI=1S/C23H14ClN5O2/c24-17-6-2-1-5-15(17)21-27-22-20-19(13-4-3-9-25-11-13)16-8-7-14(30)10-18(16)31-23(20)26-12-29(22)28-21/h1-12,19,30H/t19-/m0/s1. The lowest BCUT2D eigenvalue weighted by Crippen LogP contribution is -2.15. The van der Waals surface area contributed by atoms with Crippen LogP contribution in [-0.4, -0.2) is 29.7 Å². The summed E-state index contributed by atoms with van der Waals surface area (Å²) in [6.45, 7) is 0. The molecule has 0 unspecified atom stereocenters. The van der Waals surface area contributed by atoms with Crippen LogP contribution in [0, 0.1) is 0 Å². The van der Waals surface area contributed by atoms with Crippen molar-refractivity contribution in [3.8, 4) is 28.8 Å². The lowest BCUT2D eigenvalue weighted by Gasteiger charge is -2.27. The van der Waals surface area contributed by atoms with Gasteiger partial charge >= 0.3 is 0 Å². The number of halogens is 1. The Bertz CT molecular complexity index is 1450. The van der Waals surface area contributed by atoms with Crippen LogP contribution in [0.25, 0.3) is 17.0 Å². The average Bonchev–Trinajstić information content (AvgIpc) is 3.22. The predicted octanol–water partition coefficient (Wildman–Crippen LogP) is 4.83. The van der Waals surface area contributed by atoms with Crippen LogP contribution in [0.3, 0.4) is 0 Å². The second kappa shape index (κ2) is 6.78. The molecule has 150 valence electrons. The van der Waals surface area contributed by atoms with Gasteiger partial charge in [0, 0.05) is 35.5 Å². The first kappa shape index (κ1) is 17.9. The van der Waals surface area contributed by atoms with E-state index in [9.17, 15) is 5.11 Å². The van der Waals surface area contributed by atoms with Crippen molar-refractivity contribution in [2.75, 3.05) is 0 Å². The van der Waals surface area contributed by atoms with E-state index in [1.54, 1.807) is 35.2 Å². The third-order valence-electron chi connectivity index (χ3n) is 5.32. The van der Waals surface area contributed by atoms with Gasteiger partial charge in [-0.3, -0.25) is 4.98 Å². The monoisotopic (exact) mass is 427 g/mol. The van der Waals surface area contributed by atoms with Gasteiger partial charge in [0.05, 0.1) is 10.6 Å². The van der Waals surface area contributed by atoms with Gasteiger partial charge in [0.2, 0.25) is 5.88 Å². The smallest absolute Gasteiger partial charge is 0.228 e. The number of phenols is 1. The van der Waals surface area contributed by atoms with Crippen molar-refractivity contribution < 1.29 is 9.84 Å². The first-order valence-corrected chi connectivity index (χ1v) is 9.98. The van der Waals surface area contributed by atoms with Gasteiger partial charge in [-0.25, -0.2) is 14.5 Å². The van der Waals surface area contributed by atoms with Gasteiger partial charge in [-0.1, -0.05) is 35.9 Å². The number of fused-ring (bicyclic) bond motifs is 4. The van der Waals surface area contributed by atoms with E-state index < -0.39 is 0 Å². The van der Waals surface area contributed by atoms with Crippen molar-refractivity contribution >= 4 is 17.2 Å². The molecule has 0 saturated carbocycles. The highest BCUT2D eigenvalue weighted by atomic mass is 35.5. The number of ether oxygens (including phenoxy) is 1. The first-order valence-electron chi connectivity index (χ1n) is 9.60. The molecule has 1 atom stereocenters. The number of hydrogen-bond donors (Lipinski definition) is 1. The molecule has 1 N–H and O–H groups in total. The fourth-order valence-corrected chi connectivity index (χ4v) is 4.17. The summed E-state index contributed by atoms with van der Waals surface area (Å²) in [4.78, 5) is 13.6. The van der Waals surface area contributed by atoms with E-state index in [4.69, 9.17) is 21.3 Å². The summed E-state index contributed by atoms with van der Waals surface area (Å²) in [5, 5.41) is 15.1. The summed E-state index contributed by atoms with van der Waals surface area (Å²) in [5.41, 5.74) is 3.97. The van der Waals surface area contributed by atoms with E-state index in [1.165, 1.54) is 0 Å². The fraction of sp³-hybridized carbons (Fsp3) is 0.0435. The maximum atomic E-state index is 9.97. The molecule has 31 heavy (non-hydrogen) atoms. The Morgan fingerprint density at radius 2 is 1.97 bits per heavy atom. The molecule has 0 fully saturated rings. The number of nitrogens with zero attached hydrogens (tertiary/aromatic N) is 5. The van der Waals surface area contributed by atoms with E-state index in [0.29, 0.717) is 28.1 Å². The Labute approximate surface area is 181 Å². The van der Waals surface area contributed by atoms with Crippen molar-refractivity contribution in [3.63, 3.8) is 0 Å². The topological polar surface area (TPSA) is 85.4 Å². The zero-order chi connectivity index (χ0) is 20.9. The number of aromatic hydroxyl groups is 1. The number of hydrogen-bond acceptors (Lipinski definition) is 6. The van der Waals surface area contributed by atoms with Crippen LogP contribution in [-0.2, 0) is 0 Å². The SMILES string of the molecule is Oc1ccc2c(c1)Oc1ncn3nc(-c4ccccc4Cl)nc3c1[C@H]2c1cccnc1. The van der Waals surface area contributed by atoms with Crippen molar-refractivity contribution in [3.05, 3.63) is 95.0 Å². The third-order valence-corrected chi connectivity index (χ3v) is 5.65. The van der Waals surface area contributed by atoms with Crippen molar-refractivity contribution in [2.45, 2.75) is 5.92 Å². The van der Waals surface area contributed by atoms with Crippen molar-refractivity contribution in [1.29, 1.82) is 0 Å². The summed E-state index contributed by atoms with van der Waals surface area (Å²) < 4.78 is 7.69. The van der Waals surface area contributed by atoms with E-state index in [2.05, 4.69) is 15.1 Å². The maximum absolute atomic E-state index is 9.97. The summed E-state index contributed by atoms with van der Waals surface area (Å²) in [7, 11) is 0. The molecule has 0 aliphatic carbocycles. The molecule has 2 aromatic carbocycles. The molecular weight excluding hydrogens is 414 g/mol. The lowest BCUT2D eigenvalue weighted by atomic mass is 9.84. The minimum absolute atomic E-state index is 0.122. The Hall–Kier alpha value is -3.97. The van der Waals surface area contributed by atoms with E-state index >= 15 is 0 Å². The predicted molar refractivity (Wildman–Crippen MR) is 115 cm³/mol. The Kier molecular flexibility index (Phi) is 3.91. The zero-order valence-electron chi connectivity index (χ0n) is 16.0. The summed E-state index contributed by atoms with van der Waals surface area (Å²) in [6.07, 6.45) is 5.10. The molecule has 0 bridgehead atoms. The lowest BCUT2D eigenvalue weighted by molar-refractivity contribution is 0.422. The quantitative estimate of drug-likeness (QED) is 0.426. The molecule has 0 spiro atoms. The second-order valence-corrected chi connectivity index (χ2v) is 7.60. The Morgan fingerprint density at radius 1 is 1.06 bits per heavy atom. The van der Waals surface area contributed by atoms with Crippen LogP contribution < -0.4 is 4.74 Å². The Morgan fingerprint density at radius 3 is 2.81 bits per heavy atom. The normalized spacial score (nSPS) is 14.7. The highest BCUT2D eigenvalue weighted by molar-refractivity contribution is 6.33. The van der Waals surface area contributed by atoms with Gasteiger partial charge in [0.25, 0.3) is 0 Å². The highest BCUT2D eigenvalue weighted by Crippen LogP contribution is 2.48. The maximum Gasteiger partial charge on any atom is 0.228 e. The van der Waals surface area contributed by atoms with Crippen LogP contribution in [0.2, 0.25) is 5.02 Å². The number of pyridine rings is 1. The first-order chi connectivity index (χ1) is 15.2. The number of rotatable bonds is 2. The number of benzene rings is 2.